The lowest BCUT2D eigenvalue weighted by Crippen LogP contribution is -2.24. The minimum Gasteiger partial charge on any atom is -0.507 e. The van der Waals surface area contributed by atoms with E-state index in [-0.39, 0.29) is 23.7 Å². The van der Waals surface area contributed by atoms with Crippen molar-refractivity contribution in [1.29, 1.82) is 0 Å². The highest BCUT2D eigenvalue weighted by Gasteiger charge is 2.17. The lowest BCUT2D eigenvalue weighted by Gasteiger charge is -2.14. The fourth-order valence-corrected chi connectivity index (χ4v) is 3.80. The topological polar surface area (TPSA) is 72.8 Å². The molecule has 0 aromatic heterocycles. The fourth-order valence-electron chi connectivity index (χ4n) is 3.80. The van der Waals surface area contributed by atoms with Crippen molar-refractivity contribution < 1.29 is 24.2 Å². The number of rotatable bonds is 23. The summed E-state index contributed by atoms with van der Waals surface area (Å²) in [5.41, 5.74) is 0.125. The average Bonchev–Trinajstić information content (AvgIpc) is 2.98. The van der Waals surface area contributed by atoms with E-state index in [1.165, 1.54) is 12.1 Å². The predicted molar refractivity (Wildman–Crippen MR) is 170 cm³/mol. The van der Waals surface area contributed by atoms with Crippen molar-refractivity contribution in [2.45, 2.75) is 90.6 Å². The Balaban J connectivity index is 2.05. The van der Waals surface area contributed by atoms with Crippen molar-refractivity contribution >= 4 is 11.8 Å². The van der Waals surface area contributed by atoms with Gasteiger partial charge in [-0.2, -0.15) is 0 Å². The van der Waals surface area contributed by atoms with E-state index in [2.05, 4.69) is 79.8 Å². The van der Waals surface area contributed by atoms with Crippen molar-refractivity contribution in [3.05, 3.63) is 103 Å². The number of benzene rings is 1. The van der Waals surface area contributed by atoms with Gasteiger partial charge in [0.1, 0.15) is 17.4 Å². The van der Waals surface area contributed by atoms with Gasteiger partial charge in [-0.15, -0.1) is 0 Å². The number of hydrogen-bond acceptors (Lipinski definition) is 5. The number of unbranched alkanes of at least 4 members (excludes halogenated alkanes) is 1. The predicted octanol–water partition coefficient (Wildman–Crippen LogP) is 9.17. The molecular formula is C36H50O5. The summed E-state index contributed by atoms with van der Waals surface area (Å²) < 4.78 is 11.0. The normalized spacial score (nSPS) is 13.1. The van der Waals surface area contributed by atoms with Crippen LogP contribution in [0.5, 0.6) is 5.75 Å². The molecule has 0 spiro atoms. The maximum absolute atomic E-state index is 12.4. The summed E-state index contributed by atoms with van der Waals surface area (Å²) in [6, 6.07) is 6.24. The van der Waals surface area contributed by atoms with Gasteiger partial charge in [-0.1, -0.05) is 98.9 Å². The van der Waals surface area contributed by atoms with E-state index in [9.17, 15) is 14.7 Å². The molecule has 1 aromatic carbocycles. The smallest absolute Gasteiger partial charge is 0.341 e. The zero-order chi connectivity index (χ0) is 29.8. The van der Waals surface area contributed by atoms with Crippen LogP contribution in [0.2, 0.25) is 0 Å². The molecule has 1 aromatic rings. The second-order valence-electron chi connectivity index (χ2n) is 9.55. The summed E-state index contributed by atoms with van der Waals surface area (Å²) in [6.07, 6.45) is 34.9. The first kappa shape index (κ1) is 35.6. The molecule has 224 valence electrons. The molecule has 5 nitrogen and oxygen atoms in total. The number of Topliss-reactive ketones (excluding diaryl/α,β-unsaturated/α-hetero) is 1. The first-order valence-corrected chi connectivity index (χ1v) is 15.1. The first-order chi connectivity index (χ1) is 20.1. The molecule has 1 rings (SSSR count). The van der Waals surface area contributed by atoms with Crippen molar-refractivity contribution in [3.8, 4) is 5.75 Å². The van der Waals surface area contributed by atoms with Crippen molar-refractivity contribution in [2.75, 3.05) is 13.2 Å². The molecule has 0 bridgehead atoms. The Morgan fingerprint density at radius 2 is 1.27 bits per heavy atom. The number of carbonyl (C=O) groups is 2. The van der Waals surface area contributed by atoms with E-state index < -0.39 is 12.1 Å². The van der Waals surface area contributed by atoms with Crippen LogP contribution in [-0.2, 0) is 14.3 Å². The highest BCUT2D eigenvalue weighted by molar-refractivity contribution is 5.92. The molecule has 0 amide bonds. The van der Waals surface area contributed by atoms with Gasteiger partial charge in [0.15, 0.2) is 5.78 Å². The number of ether oxygens (including phenoxy) is 2. The van der Waals surface area contributed by atoms with Crippen LogP contribution in [0.3, 0.4) is 0 Å². The molecule has 5 heteroatoms. The summed E-state index contributed by atoms with van der Waals surface area (Å²) in [6.45, 7) is 4.75. The summed E-state index contributed by atoms with van der Waals surface area (Å²) >= 11 is 0. The minimum absolute atomic E-state index is 0.0278. The van der Waals surface area contributed by atoms with Crippen LogP contribution < -0.4 is 0 Å². The number of phenolic OH excluding ortho intramolecular Hbond substituents is 1. The Bertz CT molecular complexity index is 1010. The quantitative estimate of drug-likeness (QED) is 0.0818. The van der Waals surface area contributed by atoms with E-state index >= 15 is 0 Å². The maximum Gasteiger partial charge on any atom is 0.341 e. The highest BCUT2D eigenvalue weighted by atomic mass is 16.5. The lowest BCUT2D eigenvalue weighted by atomic mass is 10.1. The van der Waals surface area contributed by atoms with Crippen LogP contribution in [-0.4, -0.2) is 36.2 Å². The number of phenols is 1. The number of hydrogen-bond donors (Lipinski definition) is 1. The number of ketones is 1. The molecule has 1 atom stereocenters. The van der Waals surface area contributed by atoms with Gasteiger partial charge in [-0.25, -0.2) is 4.79 Å². The third-order valence-electron chi connectivity index (χ3n) is 6.09. The number of carbonyl (C=O) groups excluding carboxylic acids is 2. The largest absolute Gasteiger partial charge is 0.507 e. The number of aromatic hydroxyl groups is 1. The van der Waals surface area contributed by atoms with E-state index in [0.717, 1.165) is 51.4 Å². The molecule has 0 saturated carbocycles. The molecule has 1 N–H and O–H groups in total. The zero-order valence-electron chi connectivity index (χ0n) is 25.1. The van der Waals surface area contributed by atoms with Gasteiger partial charge in [0.2, 0.25) is 0 Å². The molecule has 41 heavy (non-hydrogen) atoms. The Labute approximate surface area is 248 Å². The third-order valence-corrected chi connectivity index (χ3v) is 6.09. The van der Waals surface area contributed by atoms with Crippen molar-refractivity contribution in [1.82, 2.24) is 0 Å². The summed E-state index contributed by atoms with van der Waals surface area (Å²) in [5, 5.41) is 9.71. The van der Waals surface area contributed by atoms with Gasteiger partial charge >= 0.3 is 5.97 Å². The fraction of sp³-hybridized carbons (Fsp3) is 0.444. The lowest BCUT2D eigenvalue weighted by molar-refractivity contribution is -0.131. The molecule has 0 heterocycles. The molecule has 0 fully saturated rings. The first-order valence-electron chi connectivity index (χ1n) is 15.1. The van der Waals surface area contributed by atoms with Crippen LogP contribution >= 0.6 is 0 Å². The van der Waals surface area contributed by atoms with Crippen LogP contribution in [0.25, 0.3) is 0 Å². The molecule has 0 aliphatic rings. The Morgan fingerprint density at radius 1 is 0.732 bits per heavy atom. The second kappa shape index (κ2) is 25.5. The molecule has 0 saturated heterocycles. The van der Waals surface area contributed by atoms with Gasteiger partial charge < -0.3 is 14.6 Å². The average molecular weight is 563 g/mol. The minimum atomic E-state index is -0.590. The molecular weight excluding hydrogens is 512 g/mol. The standard InChI is InChI=1S/C36H50O5/c1-3-5-6-7-8-9-10-11-12-13-14-15-16-17-18-19-20-21-22-25-30-40-35(4-2)34(38)29-26-31-41-36(39)32-27-23-24-28-33(32)37/h5-6,8-9,11-12,14-15,17-18,20-21,23-24,27-28,35,37H,3-4,7,10,13,16,19,22,25-26,29-31H2,1-2H3/b6-5-,9-8-,12-11-,15-14-,18-17-,21-20-. The van der Waals surface area contributed by atoms with Gasteiger partial charge in [0, 0.05) is 13.0 Å². The van der Waals surface area contributed by atoms with E-state index in [1.807, 2.05) is 6.92 Å². The van der Waals surface area contributed by atoms with E-state index in [4.69, 9.17) is 9.47 Å². The highest BCUT2D eigenvalue weighted by Crippen LogP contribution is 2.17. The number of allylic oxidation sites excluding steroid dienone is 12. The van der Waals surface area contributed by atoms with Gasteiger partial charge in [-0.05, 0) is 76.3 Å². The summed E-state index contributed by atoms with van der Waals surface area (Å²) in [4.78, 5) is 24.4. The number of esters is 1. The SMILES string of the molecule is CC/C=C\C/C=C\C/C=C\C/C=C\C/C=C\C/C=C\CCCOC(CC)C(=O)CCCOC(=O)c1ccccc1O. The van der Waals surface area contributed by atoms with Crippen LogP contribution in [0.1, 0.15) is 94.8 Å². The zero-order valence-corrected chi connectivity index (χ0v) is 25.1. The van der Waals surface area contributed by atoms with Gasteiger partial charge in [-0.3, -0.25) is 4.79 Å². The van der Waals surface area contributed by atoms with Crippen molar-refractivity contribution in [3.63, 3.8) is 0 Å². The molecule has 0 aliphatic heterocycles. The van der Waals surface area contributed by atoms with Crippen molar-refractivity contribution in [2.24, 2.45) is 0 Å². The van der Waals surface area contributed by atoms with Gasteiger partial charge in [0.05, 0.1) is 6.61 Å². The van der Waals surface area contributed by atoms with E-state index in [1.54, 1.807) is 12.1 Å². The van der Waals surface area contributed by atoms with Gasteiger partial charge in [0.25, 0.3) is 0 Å². The molecule has 0 radical (unpaired) electrons. The Kier molecular flexibility index (Phi) is 22.2. The summed E-state index contributed by atoms with van der Waals surface area (Å²) in [5.74, 6) is -0.676. The van der Waals surface area contributed by atoms with Crippen LogP contribution in [0.15, 0.2) is 97.2 Å². The molecule has 1 unspecified atom stereocenters. The second-order valence-corrected chi connectivity index (χ2v) is 9.55. The monoisotopic (exact) mass is 562 g/mol. The number of para-hydroxylation sites is 1. The van der Waals surface area contributed by atoms with Crippen LogP contribution in [0.4, 0.5) is 0 Å². The third kappa shape index (κ3) is 19.3. The van der Waals surface area contributed by atoms with E-state index in [0.29, 0.717) is 25.9 Å². The maximum atomic E-state index is 12.4. The molecule has 0 aliphatic carbocycles. The van der Waals surface area contributed by atoms with Crippen LogP contribution in [0, 0.1) is 0 Å². The Hall–Kier alpha value is -3.44. The summed E-state index contributed by atoms with van der Waals surface area (Å²) in [7, 11) is 0. The Morgan fingerprint density at radius 3 is 1.80 bits per heavy atom.